The topological polar surface area (TPSA) is 39.2 Å². The van der Waals surface area contributed by atoms with E-state index in [1.165, 1.54) is 12.7 Å². The van der Waals surface area contributed by atoms with Gasteiger partial charge < -0.3 is 4.74 Å². The number of hydrogen-bond acceptors (Lipinski definition) is 3. The summed E-state index contributed by atoms with van der Waals surface area (Å²) in [5.41, 5.74) is 3.87. The van der Waals surface area contributed by atoms with Crippen LogP contribution in [0.5, 0.6) is 0 Å². The number of aromatic nitrogens is 1. The lowest BCUT2D eigenvalue weighted by atomic mass is 10.0. The molecule has 3 heteroatoms. The summed E-state index contributed by atoms with van der Waals surface area (Å²) in [6, 6.07) is 1.80. The molecule has 1 aromatic rings. The van der Waals surface area contributed by atoms with Crippen molar-refractivity contribution >= 4 is 5.97 Å². The third kappa shape index (κ3) is 4.86. The van der Waals surface area contributed by atoms with E-state index in [1.54, 1.807) is 12.3 Å². The Labute approximate surface area is 115 Å². The minimum atomic E-state index is -0.277. The van der Waals surface area contributed by atoms with Gasteiger partial charge in [0.1, 0.15) is 0 Å². The molecule has 0 saturated carbocycles. The molecule has 0 atom stereocenters. The smallest absolute Gasteiger partial charge is 0.338 e. The van der Waals surface area contributed by atoms with Crippen molar-refractivity contribution in [2.75, 3.05) is 7.11 Å². The number of hydrogen-bond donors (Lipinski definition) is 0. The Balaban J connectivity index is 2.70. The van der Waals surface area contributed by atoms with Crippen LogP contribution in [0.1, 0.15) is 54.7 Å². The van der Waals surface area contributed by atoms with E-state index >= 15 is 0 Å². The average Bonchev–Trinajstić information content (AvgIpc) is 2.43. The Kier molecular flexibility index (Phi) is 6.26. The van der Waals surface area contributed by atoms with Crippen LogP contribution in [0.4, 0.5) is 0 Å². The molecule has 1 aromatic heterocycles. The molecule has 0 amide bonds. The number of pyridine rings is 1. The number of rotatable bonds is 6. The van der Waals surface area contributed by atoms with E-state index in [9.17, 15) is 4.79 Å². The van der Waals surface area contributed by atoms with Crippen LogP contribution in [0.15, 0.2) is 23.9 Å². The molecule has 0 aliphatic carbocycles. The summed E-state index contributed by atoms with van der Waals surface area (Å²) in [5.74, 6) is -0.277. The lowest BCUT2D eigenvalue weighted by Gasteiger charge is -2.08. The van der Waals surface area contributed by atoms with Gasteiger partial charge in [0.2, 0.25) is 0 Å². The number of aryl methyl sites for hydroxylation is 2. The largest absolute Gasteiger partial charge is 0.465 e. The van der Waals surface area contributed by atoms with Gasteiger partial charge in [0.05, 0.1) is 12.7 Å². The molecule has 0 aromatic carbocycles. The first-order valence-electron chi connectivity index (χ1n) is 6.78. The van der Waals surface area contributed by atoms with Crippen molar-refractivity contribution < 1.29 is 9.53 Å². The molecule has 0 unspecified atom stereocenters. The second kappa shape index (κ2) is 7.72. The van der Waals surface area contributed by atoms with Gasteiger partial charge in [0, 0.05) is 11.9 Å². The zero-order valence-corrected chi connectivity index (χ0v) is 12.3. The standard InChI is InChI=1S/C16H23NO2/c1-5-12(2)8-6-7-9-14-11-17-13(3)10-15(14)16(18)19-4/h8,10-11H,5-7,9H2,1-4H3. The SMILES string of the molecule is CCC(C)=CCCCc1cnc(C)cc1C(=O)OC. The number of esters is 1. The highest BCUT2D eigenvalue weighted by Crippen LogP contribution is 2.14. The molecule has 0 aliphatic heterocycles. The van der Waals surface area contributed by atoms with Gasteiger partial charge in [-0.15, -0.1) is 0 Å². The van der Waals surface area contributed by atoms with E-state index in [2.05, 4.69) is 24.9 Å². The fourth-order valence-electron chi connectivity index (χ4n) is 1.87. The van der Waals surface area contributed by atoms with Crippen molar-refractivity contribution in [2.45, 2.75) is 46.5 Å². The Bertz CT molecular complexity index is 464. The molecule has 1 rings (SSSR count). The zero-order valence-electron chi connectivity index (χ0n) is 12.3. The molecule has 0 saturated heterocycles. The highest BCUT2D eigenvalue weighted by Gasteiger charge is 2.12. The van der Waals surface area contributed by atoms with E-state index in [1.807, 2.05) is 6.92 Å². The van der Waals surface area contributed by atoms with Crippen molar-refractivity contribution in [1.29, 1.82) is 0 Å². The molecule has 0 radical (unpaired) electrons. The van der Waals surface area contributed by atoms with Crippen LogP contribution in [0.3, 0.4) is 0 Å². The highest BCUT2D eigenvalue weighted by atomic mass is 16.5. The Morgan fingerprint density at radius 1 is 1.47 bits per heavy atom. The second-order valence-electron chi connectivity index (χ2n) is 4.77. The summed E-state index contributed by atoms with van der Waals surface area (Å²) in [6.07, 6.45) is 8.06. The van der Waals surface area contributed by atoms with Crippen molar-refractivity contribution in [2.24, 2.45) is 0 Å². The Hall–Kier alpha value is -1.64. The van der Waals surface area contributed by atoms with Gasteiger partial charge in [-0.25, -0.2) is 4.79 Å². The van der Waals surface area contributed by atoms with E-state index in [0.717, 1.165) is 36.9 Å². The number of nitrogens with zero attached hydrogens (tertiary/aromatic N) is 1. The Morgan fingerprint density at radius 3 is 2.84 bits per heavy atom. The second-order valence-corrected chi connectivity index (χ2v) is 4.77. The molecule has 0 bridgehead atoms. The maximum absolute atomic E-state index is 11.7. The minimum absolute atomic E-state index is 0.277. The molecule has 0 aliphatic rings. The fraction of sp³-hybridized carbons (Fsp3) is 0.500. The first kappa shape index (κ1) is 15.4. The van der Waals surface area contributed by atoms with Gasteiger partial charge in [-0.05, 0) is 51.2 Å². The van der Waals surface area contributed by atoms with Crippen molar-refractivity contribution in [3.63, 3.8) is 0 Å². The van der Waals surface area contributed by atoms with Gasteiger partial charge in [-0.2, -0.15) is 0 Å². The van der Waals surface area contributed by atoms with E-state index in [4.69, 9.17) is 4.74 Å². The van der Waals surface area contributed by atoms with Crippen LogP contribution < -0.4 is 0 Å². The predicted octanol–water partition coefficient (Wildman–Crippen LogP) is 3.86. The summed E-state index contributed by atoms with van der Waals surface area (Å²) < 4.78 is 4.82. The van der Waals surface area contributed by atoms with Crippen LogP contribution in [-0.2, 0) is 11.2 Å². The van der Waals surface area contributed by atoms with Gasteiger partial charge in [-0.3, -0.25) is 4.98 Å². The van der Waals surface area contributed by atoms with E-state index in [-0.39, 0.29) is 5.97 Å². The number of carbonyl (C=O) groups is 1. The summed E-state index contributed by atoms with van der Waals surface area (Å²) in [5, 5.41) is 0. The van der Waals surface area contributed by atoms with E-state index in [0.29, 0.717) is 5.56 Å². The summed E-state index contributed by atoms with van der Waals surface area (Å²) >= 11 is 0. The van der Waals surface area contributed by atoms with Crippen LogP contribution in [0.2, 0.25) is 0 Å². The number of carbonyl (C=O) groups excluding carboxylic acids is 1. The van der Waals surface area contributed by atoms with Crippen molar-refractivity contribution in [1.82, 2.24) is 4.98 Å². The third-order valence-electron chi connectivity index (χ3n) is 3.23. The van der Waals surface area contributed by atoms with Gasteiger partial charge in [0.25, 0.3) is 0 Å². The van der Waals surface area contributed by atoms with Gasteiger partial charge in [0.15, 0.2) is 0 Å². The number of unbranched alkanes of at least 4 members (excludes halogenated alkanes) is 1. The van der Waals surface area contributed by atoms with Gasteiger partial charge >= 0.3 is 5.97 Å². The summed E-state index contributed by atoms with van der Waals surface area (Å²) in [4.78, 5) is 16.0. The number of ether oxygens (including phenoxy) is 1. The Morgan fingerprint density at radius 2 is 2.21 bits per heavy atom. The van der Waals surface area contributed by atoms with Crippen molar-refractivity contribution in [3.8, 4) is 0 Å². The molecule has 0 N–H and O–H groups in total. The zero-order chi connectivity index (χ0) is 14.3. The van der Waals surface area contributed by atoms with E-state index < -0.39 is 0 Å². The molecular weight excluding hydrogens is 238 g/mol. The van der Waals surface area contributed by atoms with Gasteiger partial charge in [-0.1, -0.05) is 18.6 Å². The minimum Gasteiger partial charge on any atom is -0.465 e. The summed E-state index contributed by atoms with van der Waals surface area (Å²) in [7, 11) is 1.41. The maximum Gasteiger partial charge on any atom is 0.338 e. The molecule has 104 valence electrons. The summed E-state index contributed by atoms with van der Waals surface area (Å²) in [6.45, 7) is 6.18. The van der Waals surface area contributed by atoms with Crippen molar-refractivity contribution in [3.05, 3.63) is 40.7 Å². The lowest BCUT2D eigenvalue weighted by molar-refractivity contribution is 0.0599. The lowest BCUT2D eigenvalue weighted by Crippen LogP contribution is -2.07. The molecule has 0 fully saturated rings. The number of allylic oxidation sites excluding steroid dienone is 2. The van der Waals surface area contributed by atoms with Crippen LogP contribution in [0, 0.1) is 6.92 Å². The fourth-order valence-corrected chi connectivity index (χ4v) is 1.87. The molecule has 3 nitrogen and oxygen atoms in total. The monoisotopic (exact) mass is 261 g/mol. The molecule has 19 heavy (non-hydrogen) atoms. The predicted molar refractivity (Wildman–Crippen MR) is 77.3 cm³/mol. The normalized spacial score (nSPS) is 11.5. The molecular formula is C16H23NO2. The number of methoxy groups -OCH3 is 1. The van der Waals surface area contributed by atoms with Crippen LogP contribution >= 0.6 is 0 Å². The quantitative estimate of drug-likeness (QED) is 0.443. The molecule has 0 spiro atoms. The molecule has 1 heterocycles. The average molecular weight is 261 g/mol. The first-order valence-corrected chi connectivity index (χ1v) is 6.78. The van der Waals surface area contributed by atoms with Crippen LogP contribution in [-0.4, -0.2) is 18.1 Å². The van der Waals surface area contributed by atoms with Crippen LogP contribution in [0.25, 0.3) is 0 Å². The first-order chi connectivity index (χ1) is 9.08. The third-order valence-corrected chi connectivity index (χ3v) is 3.23. The maximum atomic E-state index is 11.7. The highest BCUT2D eigenvalue weighted by molar-refractivity contribution is 5.91.